The Morgan fingerprint density at radius 3 is 2.00 bits per heavy atom. The van der Waals surface area contributed by atoms with E-state index in [4.69, 9.17) is 4.74 Å². The summed E-state index contributed by atoms with van der Waals surface area (Å²) >= 11 is 0. The van der Waals surface area contributed by atoms with Crippen LogP contribution in [-0.2, 0) is 0 Å². The fraction of sp³-hybridized carbons (Fsp3) is 0.667. The first kappa shape index (κ1) is 17.0. The molecule has 0 amide bonds. The minimum atomic E-state index is 0.314. The average molecular weight is 277 g/mol. The van der Waals surface area contributed by atoms with Gasteiger partial charge in [-0.25, -0.2) is 0 Å². The Bertz CT molecular complexity index is 377. The maximum Gasteiger partial charge on any atom is 0.123 e. The molecular formula is C18H31NO. The van der Waals surface area contributed by atoms with Gasteiger partial charge in [0.25, 0.3) is 0 Å². The van der Waals surface area contributed by atoms with Crippen molar-refractivity contribution >= 4 is 0 Å². The van der Waals surface area contributed by atoms with Crippen molar-refractivity contribution in [2.45, 2.75) is 59.5 Å². The first-order chi connectivity index (χ1) is 9.43. The quantitative estimate of drug-likeness (QED) is 0.736. The van der Waals surface area contributed by atoms with Gasteiger partial charge in [0, 0.05) is 17.6 Å². The molecule has 1 aromatic carbocycles. The number of rotatable bonds is 8. The van der Waals surface area contributed by atoms with Gasteiger partial charge in [0.2, 0.25) is 0 Å². The topological polar surface area (TPSA) is 21.3 Å². The molecule has 0 aliphatic carbocycles. The zero-order valence-corrected chi connectivity index (χ0v) is 13.9. The highest BCUT2D eigenvalue weighted by atomic mass is 16.5. The molecule has 0 radical (unpaired) electrons. The summed E-state index contributed by atoms with van der Waals surface area (Å²) in [5, 5.41) is 3.79. The fourth-order valence-corrected chi connectivity index (χ4v) is 2.84. The molecule has 2 nitrogen and oxygen atoms in total. The van der Waals surface area contributed by atoms with E-state index in [2.05, 4.69) is 52.1 Å². The largest absolute Gasteiger partial charge is 0.496 e. The van der Waals surface area contributed by atoms with E-state index in [1.165, 1.54) is 18.4 Å². The van der Waals surface area contributed by atoms with Crippen LogP contribution in [0.25, 0.3) is 0 Å². The van der Waals surface area contributed by atoms with Gasteiger partial charge in [-0.1, -0.05) is 45.9 Å². The summed E-state index contributed by atoms with van der Waals surface area (Å²) in [6.07, 6.45) is 2.44. The standard InChI is InChI=1S/C18H31NO/c1-13(2)11-16(12-14(3)4)19-15(5)17-9-7-8-10-18(17)20-6/h7-10,13-16,19H,11-12H2,1-6H3/t15-/m0/s1. The molecule has 0 saturated carbocycles. The molecule has 0 unspecified atom stereocenters. The summed E-state index contributed by atoms with van der Waals surface area (Å²) in [5.41, 5.74) is 1.24. The van der Waals surface area contributed by atoms with Crippen molar-refractivity contribution in [2.24, 2.45) is 11.8 Å². The van der Waals surface area contributed by atoms with Crippen LogP contribution in [0.1, 0.15) is 59.1 Å². The van der Waals surface area contributed by atoms with E-state index in [1.54, 1.807) is 7.11 Å². The van der Waals surface area contributed by atoms with E-state index in [-0.39, 0.29) is 0 Å². The van der Waals surface area contributed by atoms with Gasteiger partial charge in [-0.05, 0) is 37.7 Å². The number of hydrogen-bond donors (Lipinski definition) is 1. The molecule has 1 rings (SSSR count). The molecule has 1 N–H and O–H groups in total. The average Bonchev–Trinajstić information content (AvgIpc) is 2.36. The van der Waals surface area contributed by atoms with E-state index in [9.17, 15) is 0 Å². The summed E-state index contributed by atoms with van der Waals surface area (Å²) in [7, 11) is 1.74. The molecule has 0 aliphatic heterocycles. The minimum Gasteiger partial charge on any atom is -0.496 e. The van der Waals surface area contributed by atoms with Gasteiger partial charge < -0.3 is 10.1 Å². The summed E-state index contributed by atoms with van der Waals surface area (Å²) < 4.78 is 5.47. The molecule has 20 heavy (non-hydrogen) atoms. The molecule has 2 heteroatoms. The van der Waals surface area contributed by atoms with Crippen LogP contribution in [0.4, 0.5) is 0 Å². The molecule has 0 heterocycles. The normalized spacial score (nSPS) is 13.2. The monoisotopic (exact) mass is 277 g/mol. The van der Waals surface area contributed by atoms with Gasteiger partial charge in [0.1, 0.15) is 5.75 Å². The van der Waals surface area contributed by atoms with Crippen LogP contribution in [0.5, 0.6) is 5.75 Å². The number of nitrogens with one attached hydrogen (secondary N) is 1. The van der Waals surface area contributed by atoms with Gasteiger partial charge in [0.15, 0.2) is 0 Å². The molecule has 0 spiro atoms. The maximum atomic E-state index is 5.47. The van der Waals surface area contributed by atoms with Crippen LogP contribution in [0, 0.1) is 11.8 Å². The van der Waals surface area contributed by atoms with Crippen LogP contribution in [0.3, 0.4) is 0 Å². The Labute approximate surface area is 124 Å². The lowest BCUT2D eigenvalue weighted by atomic mass is 9.94. The van der Waals surface area contributed by atoms with E-state index < -0.39 is 0 Å². The summed E-state index contributed by atoms with van der Waals surface area (Å²) in [6, 6.07) is 9.17. The van der Waals surface area contributed by atoms with Crippen molar-refractivity contribution in [3.05, 3.63) is 29.8 Å². The Kier molecular flexibility index (Phi) is 7.08. The van der Waals surface area contributed by atoms with Crippen LogP contribution < -0.4 is 10.1 Å². The number of hydrogen-bond acceptors (Lipinski definition) is 2. The lowest BCUT2D eigenvalue weighted by Gasteiger charge is -2.27. The van der Waals surface area contributed by atoms with Gasteiger partial charge in [-0.15, -0.1) is 0 Å². The van der Waals surface area contributed by atoms with Crippen molar-refractivity contribution in [3.63, 3.8) is 0 Å². The molecule has 1 aromatic rings. The lowest BCUT2D eigenvalue weighted by molar-refractivity contribution is 0.329. The van der Waals surface area contributed by atoms with Crippen LogP contribution in [0.2, 0.25) is 0 Å². The second kappa shape index (κ2) is 8.31. The van der Waals surface area contributed by atoms with Gasteiger partial charge >= 0.3 is 0 Å². The third kappa shape index (κ3) is 5.54. The molecule has 0 aromatic heterocycles. The Morgan fingerprint density at radius 2 is 1.50 bits per heavy atom. The molecule has 0 bridgehead atoms. The van der Waals surface area contributed by atoms with Gasteiger partial charge in [-0.2, -0.15) is 0 Å². The van der Waals surface area contributed by atoms with Crippen molar-refractivity contribution in [1.29, 1.82) is 0 Å². The second-order valence-corrected chi connectivity index (χ2v) is 6.59. The Morgan fingerprint density at radius 1 is 0.950 bits per heavy atom. The van der Waals surface area contributed by atoms with Crippen LogP contribution in [0.15, 0.2) is 24.3 Å². The molecule has 114 valence electrons. The Hall–Kier alpha value is -1.02. The van der Waals surface area contributed by atoms with Gasteiger partial charge in [-0.3, -0.25) is 0 Å². The number of para-hydroxylation sites is 1. The molecule has 0 saturated heterocycles. The van der Waals surface area contributed by atoms with Crippen molar-refractivity contribution < 1.29 is 4.74 Å². The van der Waals surface area contributed by atoms with Crippen molar-refractivity contribution in [2.75, 3.05) is 7.11 Å². The van der Waals surface area contributed by atoms with E-state index in [0.29, 0.717) is 12.1 Å². The molecular weight excluding hydrogens is 246 g/mol. The highest BCUT2D eigenvalue weighted by Crippen LogP contribution is 2.26. The van der Waals surface area contributed by atoms with Crippen molar-refractivity contribution in [1.82, 2.24) is 5.32 Å². The Balaban J connectivity index is 2.76. The number of ether oxygens (including phenoxy) is 1. The third-order valence-electron chi connectivity index (χ3n) is 3.60. The fourth-order valence-electron chi connectivity index (χ4n) is 2.84. The highest BCUT2D eigenvalue weighted by Gasteiger charge is 2.18. The smallest absolute Gasteiger partial charge is 0.123 e. The number of benzene rings is 1. The third-order valence-corrected chi connectivity index (χ3v) is 3.60. The van der Waals surface area contributed by atoms with Crippen LogP contribution in [-0.4, -0.2) is 13.2 Å². The maximum absolute atomic E-state index is 5.47. The minimum absolute atomic E-state index is 0.314. The van der Waals surface area contributed by atoms with Gasteiger partial charge in [0.05, 0.1) is 7.11 Å². The molecule has 1 atom stereocenters. The van der Waals surface area contributed by atoms with E-state index in [0.717, 1.165) is 17.6 Å². The second-order valence-electron chi connectivity index (χ2n) is 6.59. The van der Waals surface area contributed by atoms with Crippen molar-refractivity contribution in [3.8, 4) is 5.75 Å². The lowest BCUT2D eigenvalue weighted by Crippen LogP contribution is -2.34. The van der Waals surface area contributed by atoms with Crippen LogP contribution >= 0.6 is 0 Å². The van der Waals surface area contributed by atoms with E-state index >= 15 is 0 Å². The SMILES string of the molecule is COc1ccccc1[C@H](C)NC(CC(C)C)CC(C)C. The first-order valence-electron chi connectivity index (χ1n) is 7.83. The predicted octanol–water partition coefficient (Wildman–Crippen LogP) is 4.81. The van der Waals surface area contributed by atoms with E-state index in [1.807, 2.05) is 12.1 Å². The molecule has 0 fully saturated rings. The molecule has 0 aliphatic rings. The predicted molar refractivity (Wildman–Crippen MR) is 87.2 cm³/mol. The zero-order valence-electron chi connectivity index (χ0n) is 13.9. The summed E-state index contributed by atoms with van der Waals surface area (Å²) in [4.78, 5) is 0. The summed E-state index contributed by atoms with van der Waals surface area (Å²) in [5.74, 6) is 2.41. The highest BCUT2D eigenvalue weighted by molar-refractivity contribution is 5.35. The zero-order chi connectivity index (χ0) is 15.1. The first-order valence-corrected chi connectivity index (χ1v) is 7.83. The number of methoxy groups -OCH3 is 1. The summed E-state index contributed by atoms with van der Waals surface area (Å²) in [6.45, 7) is 11.4.